The summed E-state index contributed by atoms with van der Waals surface area (Å²) >= 11 is 0. The first kappa shape index (κ1) is 15.6. The maximum atomic E-state index is 12.1. The summed E-state index contributed by atoms with van der Waals surface area (Å²) in [6.07, 6.45) is 2.70. The van der Waals surface area contributed by atoms with Crippen LogP contribution in [0, 0.1) is 0 Å². The van der Waals surface area contributed by atoms with Gasteiger partial charge in [-0.05, 0) is 37.5 Å². The molecule has 0 spiro atoms. The number of fused-ring (bicyclic) bond motifs is 1. The zero-order valence-electron chi connectivity index (χ0n) is 13.1. The van der Waals surface area contributed by atoms with Crippen molar-refractivity contribution in [2.45, 2.75) is 38.6 Å². The van der Waals surface area contributed by atoms with Gasteiger partial charge in [0.2, 0.25) is 0 Å². The molecule has 0 bridgehead atoms. The first-order valence-corrected chi connectivity index (χ1v) is 7.51. The molecule has 1 atom stereocenters. The molecule has 0 aliphatic carbocycles. The number of anilines is 2. The Hall–Kier alpha value is -1.75. The second-order valence-corrected chi connectivity index (χ2v) is 6.06. The van der Waals surface area contributed by atoms with E-state index in [0.29, 0.717) is 0 Å². The summed E-state index contributed by atoms with van der Waals surface area (Å²) in [6.45, 7) is 4.83. The van der Waals surface area contributed by atoms with Crippen molar-refractivity contribution in [3.63, 3.8) is 0 Å². The highest BCUT2D eigenvalue weighted by Gasteiger charge is 2.24. The van der Waals surface area contributed by atoms with Crippen molar-refractivity contribution in [2.24, 2.45) is 0 Å². The Morgan fingerprint density at radius 1 is 1.48 bits per heavy atom. The number of likely N-dealkylation sites (N-methyl/N-ethyl adjacent to an activating group) is 1. The van der Waals surface area contributed by atoms with Crippen LogP contribution in [0.25, 0.3) is 0 Å². The van der Waals surface area contributed by atoms with Crippen LogP contribution in [0.1, 0.15) is 32.3 Å². The van der Waals surface area contributed by atoms with E-state index in [4.69, 9.17) is 0 Å². The number of urea groups is 1. The second kappa shape index (κ2) is 6.35. The number of carbonyl (C=O) groups is 1. The maximum Gasteiger partial charge on any atom is 0.319 e. The Kier molecular flexibility index (Phi) is 4.73. The van der Waals surface area contributed by atoms with Crippen molar-refractivity contribution in [2.75, 3.05) is 30.4 Å². The van der Waals surface area contributed by atoms with Gasteiger partial charge in [-0.25, -0.2) is 4.79 Å². The molecule has 2 amide bonds. The molecule has 21 heavy (non-hydrogen) atoms. The number of benzene rings is 1. The summed E-state index contributed by atoms with van der Waals surface area (Å²) in [7, 11) is 2.06. The molecule has 0 saturated carbocycles. The fourth-order valence-electron chi connectivity index (χ4n) is 2.79. The number of amides is 2. The van der Waals surface area contributed by atoms with E-state index < -0.39 is 5.54 Å². The molecule has 1 unspecified atom stereocenters. The van der Waals surface area contributed by atoms with Crippen LogP contribution >= 0.6 is 0 Å². The van der Waals surface area contributed by atoms with Gasteiger partial charge in [0.1, 0.15) is 0 Å². The third kappa shape index (κ3) is 3.67. The van der Waals surface area contributed by atoms with Gasteiger partial charge < -0.3 is 20.6 Å². The zero-order valence-corrected chi connectivity index (χ0v) is 13.1. The number of hydrogen-bond donors (Lipinski definition) is 3. The molecule has 5 nitrogen and oxygen atoms in total. The molecule has 116 valence electrons. The van der Waals surface area contributed by atoms with Gasteiger partial charge in [0.15, 0.2) is 0 Å². The number of nitrogens with zero attached hydrogens (tertiary/aromatic N) is 1. The van der Waals surface area contributed by atoms with Crippen LogP contribution in [0.15, 0.2) is 18.2 Å². The minimum Gasteiger partial charge on any atom is -0.394 e. The molecular formula is C16H25N3O2. The van der Waals surface area contributed by atoms with E-state index in [-0.39, 0.29) is 12.6 Å². The third-order valence-corrected chi connectivity index (χ3v) is 4.04. The molecule has 1 aromatic rings. The van der Waals surface area contributed by atoms with E-state index in [9.17, 15) is 9.90 Å². The van der Waals surface area contributed by atoms with Crippen molar-refractivity contribution in [3.05, 3.63) is 23.8 Å². The molecule has 0 saturated heterocycles. The van der Waals surface area contributed by atoms with Crippen molar-refractivity contribution >= 4 is 17.4 Å². The van der Waals surface area contributed by atoms with Gasteiger partial charge >= 0.3 is 6.03 Å². The first-order valence-electron chi connectivity index (χ1n) is 7.51. The molecule has 2 rings (SSSR count). The van der Waals surface area contributed by atoms with Crippen LogP contribution in [0.2, 0.25) is 0 Å². The lowest BCUT2D eigenvalue weighted by Gasteiger charge is -2.28. The molecule has 3 N–H and O–H groups in total. The summed E-state index contributed by atoms with van der Waals surface area (Å²) in [5, 5.41) is 15.2. The quantitative estimate of drug-likeness (QED) is 0.780. The first-order chi connectivity index (χ1) is 9.97. The maximum absolute atomic E-state index is 12.1. The van der Waals surface area contributed by atoms with E-state index >= 15 is 0 Å². The van der Waals surface area contributed by atoms with E-state index in [1.165, 1.54) is 11.3 Å². The number of aliphatic hydroxyl groups excluding tert-OH is 1. The van der Waals surface area contributed by atoms with Gasteiger partial charge in [-0.3, -0.25) is 0 Å². The Morgan fingerprint density at radius 2 is 2.24 bits per heavy atom. The largest absolute Gasteiger partial charge is 0.394 e. The predicted molar refractivity (Wildman–Crippen MR) is 86.0 cm³/mol. The SMILES string of the molecule is CCCC(C)(CO)NC(=O)Nc1ccc2c(c1)N(C)CC2. The number of rotatable bonds is 5. The summed E-state index contributed by atoms with van der Waals surface area (Å²) in [4.78, 5) is 14.3. The lowest BCUT2D eigenvalue weighted by molar-refractivity contribution is 0.167. The molecule has 0 fully saturated rings. The number of hydrogen-bond acceptors (Lipinski definition) is 3. The molecular weight excluding hydrogens is 266 g/mol. The van der Waals surface area contributed by atoms with E-state index in [0.717, 1.165) is 31.5 Å². The highest BCUT2D eigenvalue weighted by atomic mass is 16.3. The summed E-state index contributed by atoms with van der Waals surface area (Å²) in [6, 6.07) is 5.71. The smallest absolute Gasteiger partial charge is 0.319 e. The van der Waals surface area contributed by atoms with Crippen LogP contribution in [-0.2, 0) is 6.42 Å². The van der Waals surface area contributed by atoms with Gasteiger partial charge in [-0.15, -0.1) is 0 Å². The highest BCUT2D eigenvalue weighted by Crippen LogP contribution is 2.29. The summed E-state index contributed by atoms with van der Waals surface area (Å²) in [5.41, 5.74) is 2.68. The van der Waals surface area contributed by atoms with E-state index in [1.807, 2.05) is 26.0 Å². The number of aliphatic hydroxyl groups is 1. The molecule has 1 heterocycles. The Bertz CT molecular complexity index is 518. The number of carbonyl (C=O) groups excluding carboxylic acids is 1. The normalized spacial score (nSPS) is 16.3. The van der Waals surface area contributed by atoms with Crippen molar-refractivity contribution in [3.8, 4) is 0 Å². The Morgan fingerprint density at radius 3 is 2.90 bits per heavy atom. The van der Waals surface area contributed by atoms with Crippen LogP contribution in [0.4, 0.5) is 16.2 Å². The Balaban J connectivity index is 2.02. The standard InChI is InChI=1S/C16H25N3O2/c1-4-8-16(2,11-20)18-15(21)17-13-6-5-12-7-9-19(3)14(12)10-13/h5-6,10,20H,4,7-9,11H2,1-3H3,(H2,17,18,21). The van der Waals surface area contributed by atoms with Crippen molar-refractivity contribution in [1.82, 2.24) is 5.32 Å². The minimum atomic E-state index is -0.577. The van der Waals surface area contributed by atoms with E-state index in [1.54, 1.807) is 0 Å². The van der Waals surface area contributed by atoms with Crippen molar-refractivity contribution < 1.29 is 9.90 Å². The van der Waals surface area contributed by atoms with Gasteiger partial charge in [0.25, 0.3) is 0 Å². The topological polar surface area (TPSA) is 64.6 Å². The average molecular weight is 291 g/mol. The van der Waals surface area contributed by atoms with Gasteiger partial charge in [0, 0.05) is 25.0 Å². The lowest BCUT2D eigenvalue weighted by atomic mass is 9.98. The summed E-state index contributed by atoms with van der Waals surface area (Å²) < 4.78 is 0. The monoisotopic (exact) mass is 291 g/mol. The second-order valence-electron chi connectivity index (χ2n) is 6.06. The fourth-order valence-corrected chi connectivity index (χ4v) is 2.79. The van der Waals surface area contributed by atoms with Crippen LogP contribution < -0.4 is 15.5 Å². The molecule has 1 aromatic carbocycles. The van der Waals surface area contributed by atoms with Crippen LogP contribution in [0.5, 0.6) is 0 Å². The van der Waals surface area contributed by atoms with Crippen LogP contribution in [0.3, 0.4) is 0 Å². The molecule has 0 aromatic heterocycles. The fraction of sp³-hybridized carbons (Fsp3) is 0.562. The molecule has 1 aliphatic rings. The third-order valence-electron chi connectivity index (χ3n) is 4.04. The highest BCUT2D eigenvalue weighted by molar-refractivity contribution is 5.90. The lowest BCUT2D eigenvalue weighted by Crippen LogP contribution is -2.50. The molecule has 0 radical (unpaired) electrons. The van der Waals surface area contributed by atoms with E-state index in [2.05, 4.69) is 28.6 Å². The number of nitrogens with one attached hydrogen (secondary N) is 2. The zero-order chi connectivity index (χ0) is 15.5. The van der Waals surface area contributed by atoms with Gasteiger partial charge in [0.05, 0.1) is 12.1 Å². The molecule has 1 aliphatic heterocycles. The van der Waals surface area contributed by atoms with Crippen LogP contribution in [-0.4, -0.2) is 36.9 Å². The van der Waals surface area contributed by atoms with Gasteiger partial charge in [-0.2, -0.15) is 0 Å². The van der Waals surface area contributed by atoms with Crippen molar-refractivity contribution in [1.29, 1.82) is 0 Å². The van der Waals surface area contributed by atoms with Gasteiger partial charge in [-0.1, -0.05) is 19.4 Å². The average Bonchev–Trinajstić information content (AvgIpc) is 2.80. The molecule has 5 heteroatoms. The minimum absolute atomic E-state index is 0.0683. The predicted octanol–water partition coefficient (Wildman–Crippen LogP) is 2.35. The Labute approximate surface area is 126 Å². The summed E-state index contributed by atoms with van der Waals surface area (Å²) in [5.74, 6) is 0.